The molecule has 1 unspecified atom stereocenters. The third kappa shape index (κ3) is 5.57. The number of carbonyl (C=O) groups excluding carboxylic acids is 2. The van der Waals surface area contributed by atoms with Crippen LogP contribution in [-0.4, -0.2) is 60.7 Å². The zero-order valence-electron chi connectivity index (χ0n) is 16.2. The van der Waals surface area contributed by atoms with Crippen molar-refractivity contribution in [2.75, 3.05) is 48.8 Å². The van der Waals surface area contributed by atoms with Crippen LogP contribution >= 0.6 is 23.8 Å². The molecular weight excluding hydrogens is 428 g/mol. The molecule has 1 fully saturated rings. The van der Waals surface area contributed by atoms with Crippen LogP contribution in [0, 0.1) is 0 Å². The van der Waals surface area contributed by atoms with Crippen LogP contribution in [0.3, 0.4) is 0 Å². The minimum absolute atomic E-state index is 0.0431. The standard InChI is InChI=1S/C20H23ClN4O4S/c21-12-1-4-18(30)15(7-12)20(28)24-10-14(26)9-23-13-2-3-17(16(22)8-13)25-5-6-29-11-19(25)27/h1-3,7-8,14,23,26H,4-6,9-11,22H2,(H,24,28). The molecule has 1 heterocycles. The SMILES string of the molecule is Nc1cc(NCC(O)CNC(=O)C2=CC(Cl)=CCC2=S)ccc1N1CCOCC1=O. The van der Waals surface area contributed by atoms with Gasteiger partial charge in [-0.25, -0.2) is 0 Å². The van der Waals surface area contributed by atoms with Gasteiger partial charge in [-0.05, 0) is 24.3 Å². The van der Waals surface area contributed by atoms with E-state index in [9.17, 15) is 14.7 Å². The number of nitrogens with two attached hydrogens (primary N) is 1. The zero-order chi connectivity index (χ0) is 21.7. The highest BCUT2D eigenvalue weighted by atomic mass is 35.5. The quantitative estimate of drug-likeness (QED) is 0.366. The molecule has 1 aliphatic heterocycles. The molecule has 1 aromatic rings. The lowest BCUT2D eigenvalue weighted by Gasteiger charge is -2.28. The fourth-order valence-corrected chi connectivity index (χ4v) is 3.49. The smallest absolute Gasteiger partial charge is 0.253 e. The van der Waals surface area contributed by atoms with E-state index < -0.39 is 6.10 Å². The summed E-state index contributed by atoms with van der Waals surface area (Å²) < 4.78 is 5.13. The third-order valence-electron chi connectivity index (χ3n) is 4.65. The van der Waals surface area contributed by atoms with Crippen LogP contribution in [0.15, 0.2) is 41.0 Å². The molecule has 2 amide bonds. The normalized spacial score (nSPS) is 17.9. The third-order valence-corrected chi connectivity index (χ3v) is 5.30. The molecule has 0 bridgehead atoms. The number of aliphatic hydroxyl groups is 1. The average Bonchev–Trinajstić information content (AvgIpc) is 2.73. The van der Waals surface area contributed by atoms with Crippen molar-refractivity contribution in [3.63, 3.8) is 0 Å². The Morgan fingerprint density at radius 2 is 2.20 bits per heavy atom. The predicted molar refractivity (Wildman–Crippen MR) is 121 cm³/mol. The summed E-state index contributed by atoms with van der Waals surface area (Å²) in [6.45, 7) is 1.20. The van der Waals surface area contributed by atoms with E-state index in [0.29, 0.717) is 52.1 Å². The van der Waals surface area contributed by atoms with Crippen molar-refractivity contribution < 1.29 is 19.4 Å². The summed E-state index contributed by atoms with van der Waals surface area (Å²) in [6.07, 6.45) is 2.88. The highest BCUT2D eigenvalue weighted by Crippen LogP contribution is 2.27. The van der Waals surface area contributed by atoms with Gasteiger partial charge in [0.25, 0.3) is 11.8 Å². The fourth-order valence-electron chi connectivity index (χ4n) is 3.07. The second-order valence-corrected chi connectivity index (χ2v) is 7.82. The van der Waals surface area contributed by atoms with Gasteiger partial charge in [0, 0.05) is 41.6 Å². The van der Waals surface area contributed by atoms with Crippen molar-refractivity contribution in [1.29, 1.82) is 0 Å². The first-order valence-electron chi connectivity index (χ1n) is 9.43. The number of amides is 2. The van der Waals surface area contributed by atoms with Gasteiger partial charge in [0.2, 0.25) is 0 Å². The van der Waals surface area contributed by atoms with Gasteiger partial charge in [-0.1, -0.05) is 29.9 Å². The summed E-state index contributed by atoms with van der Waals surface area (Å²) in [5, 5.41) is 16.4. The van der Waals surface area contributed by atoms with Gasteiger partial charge in [-0.3, -0.25) is 9.59 Å². The minimum Gasteiger partial charge on any atom is -0.397 e. The Hall–Kier alpha value is -2.46. The van der Waals surface area contributed by atoms with Gasteiger partial charge in [0.05, 0.1) is 29.7 Å². The van der Waals surface area contributed by atoms with Crippen LogP contribution in [0.5, 0.6) is 0 Å². The first-order chi connectivity index (χ1) is 14.3. The number of nitrogen functional groups attached to an aromatic ring is 1. The Kier molecular flexibility index (Phi) is 7.43. The number of morpholine rings is 1. The number of nitrogens with one attached hydrogen (secondary N) is 2. The van der Waals surface area contributed by atoms with Crippen LogP contribution in [0.25, 0.3) is 0 Å². The number of thiocarbonyl (C=S) groups is 1. The lowest BCUT2D eigenvalue weighted by atomic mass is 10.0. The summed E-state index contributed by atoms with van der Waals surface area (Å²) in [7, 11) is 0. The van der Waals surface area contributed by atoms with Crippen molar-refractivity contribution in [3.8, 4) is 0 Å². The predicted octanol–water partition coefficient (Wildman–Crippen LogP) is 1.34. The fraction of sp³-hybridized carbons (Fsp3) is 0.350. The number of aliphatic hydroxyl groups excluding tert-OH is 1. The molecule has 5 N–H and O–H groups in total. The van der Waals surface area contributed by atoms with Gasteiger partial charge in [-0.15, -0.1) is 0 Å². The minimum atomic E-state index is -0.834. The Morgan fingerprint density at radius 3 is 2.93 bits per heavy atom. The largest absolute Gasteiger partial charge is 0.397 e. The molecule has 10 heteroatoms. The number of allylic oxidation sites excluding steroid dienone is 3. The Morgan fingerprint density at radius 1 is 1.40 bits per heavy atom. The van der Waals surface area contributed by atoms with Crippen molar-refractivity contribution in [2.24, 2.45) is 0 Å². The maximum atomic E-state index is 12.2. The summed E-state index contributed by atoms with van der Waals surface area (Å²) in [5.74, 6) is -0.502. The molecule has 8 nitrogen and oxygen atoms in total. The summed E-state index contributed by atoms with van der Waals surface area (Å²) in [6, 6.07) is 5.23. The maximum absolute atomic E-state index is 12.2. The molecule has 160 valence electrons. The second-order valence-electron chi connectivity index (χ2n) is 6.89. The van der Waals surface area contributed by atoms with Gasteiger partial charge >= 0.3 is 0 Å². The van der Waals surface area contributed by atoms with E-state index in [1.165, 1.54) is 6.08 Å². The molecule has 1 saturated heterocycles. The summed E-state index contributed by atoms with van der Waals surface area (Å²) >= 11 is 11.1. The van der Waals surface area contributed by atoms with Crippen molar-refractivity contribution in [1.82, 2.24) is 5.32 Å². The van der Waals surface area contributed by atoms with E-state index in [1.807, 2.05) is 0 Å². The second kappa shape index (κ2) is 10.0. The number of anilines is 3. The molecule has 1 atom stereocenters. The average molecular weight is 451 g/mol. The van der Waals surface area contributed by atoms with Crippen LogP contribution < -0.4 is 21.3 Å². The number of nitrogens with zero attached hydrogens (tertiary/aromatic N) is 1. The summed E-state index contributed by atoms with van der Waals surface area (Å²) in [5.41, 5.74) is 8.21. The van der Waals surface area contributed by atoms with E-state index in [4.69, 9.17) is 34.3 Å². The van der Waals surface area contributed by atoms with Crippen LogP contribution in [0.2, 0.25) is 0 Å². The van der Waals surface area contributed by atoms with E-state index in [-0.39, 0.29) is 31.5 Å². The van der Waals surface area contributed by atoms with Gasteiger partial charge < -0.3 is 31.1 Å². The highest BCUT2D eigenvalue weighted by molar-refractivity contribution is 7.81. The lowest BCUT2D eigenvalue weighted by Crippen LogP contribution is -2.42. The molecule has 0 radical (unpaired) electrons. The monoisotopic (exact) mass is 450 g/mol. The number of ether oxygens (including phenoxy) is 1. The number of halogens is 1. The molecule has 0 aromatic heterocycles. The zero-order valence-corrected chi connectivity index (χ0v) is 17.8. The number of hydrogen-bond acceptors (Lipinski definition) is 7. The highest BCUT2D eigenvalue weighted by Gasteiger charge is 2.22. The van der Waals surface area contributed by atoms with E-state index in [2.05, 4.69) is 10.6 Å². The van der Waals surface area contributed by atoms with E-state index in [0.717, 1.165) is 0 Å². The van der Waals surface area contributed by atoms with E-state index in [1.54, 1.807) is 29.2 Å². The van der Waals surface area contributed by atoms with Crippen molar-refractivity contribution >= 4 is 57.6 Å². The first-order valence-corrected chi connectivity index (χ1v) is 10.2. The first kappa shape index (κ1) is 22.2. The topological polar surface area (TPSA) is 117 Å². The van der Waals surface area contributed by atoms with Crippen molar-refractivity contribution in [3.05, 3.63) is 41.0 Å². The Labute approximate surface area is 184 Å². The lowest BCUT2D eigenvalue weighted by molar-refractivity contribution is -0.125. The number of carbonyl (C=O) groups is 2. The molecular formula is C20H23ClN4O4S. The molecule has 30 heavy (non-hydrogen) atoms. The Balaban J connectivity index is 1.50. The molecule has 0 saturated carbocycles. The molecule has 2 aliphatic rings. The van der Waals surface area contributed by atoms with E-state index >= 15 is 0 Å². The molecule has 3 rings (SSSR count). The van der Waals surface area contributed by atoms with Gasteiger partial charge in [-0.2, -0.15) is 0 Å². The molecule has 0 spiro atoms. The van der Waals surface area contributed by atoms with Crippen LogP contribution in [0.1, 0.15) is 6.42 Å². The van der Waals surface area contributed by atoms with Gasteiger partial charge in [0.1, 0.15) is 6.61 Å². The Bertz CT molecular complexity index is 918. The van der Waals surface area contributed by atoms with Crippen LogP contribution in [-0.2, 0) is 14.3 Å². The van der Waals surface area contributed by atoms with Crippen LogP contribution in [0.4, 0.5) is 17.1 Å². The molecule has 1 aliphatic carbocycles. The number of rotatable bonds is 7. The summed E-state index contributed by atoms with van der Waals surface area (Å²) in [4.78, 5) is 26.3. The molecule has 1 aromatic carbocycles. The number of hydrogen-bond donors (Lipinski definition) is 4. The maximum Gasteiger partial charge on any atom is 0.253 e. The van der Waals surface area contributed by atoms with Crippen molar-refractivity contribution in [2.45, 2.75) is 12.5 Å². The number of benzene rings is 1. The van der Waals surface area contributed by atoms with Gasteiger partial charge in [0.15, 0.2) is 0 Å².